The van der Waals surface area contributed by atoms with Gasteiger partial charge in [0.2, 0.25) is 40.7 Å². The first-order chi connectivity index (χ1) is 19.7. The lowest BCUT2D eigenvalue weighted by Crippen LogP contribution is -2.17. The number of benzene rings is 2. The number of rotatable bonds is 20. The SMILES string of the molecule is Cc1ccc(NC(=O)CCOCCOCCOCCOCCOCCC(=O)Oc2c(F)c(F)c(F)c(F)c2F)cc1. The summed E-state index contributed by atoms with van der Waals surface area (Å²) in [4.78, 5) is 23.5. The Balaban J connectivity index is 1.35. The molecule has 0 aliphatic heterocycles. The van der Waals surface area contributed by atoms with E-state index in [1.807, 2.05) is 31.2 Å². The molecular formula is C27H32F5NO8. The van der Waals surface area contributed by atoms with Gasteiger partial charge in [-0.1, -0.05) is 17.7 Å². The van der Waals surface area contributed by atoms with Crippen LogP contribution in [0.4, 0.5) is 27.6 Å². The summed E-state index contributed by atoms with van der Waals surface area (Å²) in [6.45, 7) is 4.20. The Bertz CT molecular complexity index is 1080. The van der Waals surface area contributed by atoms with Gasteiger partial charge in [0, 0.05) is 5.69 Å². The molecule has 2 aromatic rings. The minimum atomic E-state index is -2.35. The summed E-state index contributed by atoms with van der Waals surface area (Å²) in [6.07, 6.45) is -0.254. The molecular weight excluding hydrogens is 561 g/mol. The lowest BCUT2D eigenvalue weighted by Gasteiger charge is -2.09. The molecule has 9 nitrogen and oxygen atoms in total. The van der Waals surface area contributed by atoms with E-state index in [1.54, 1.807) is 0 Å². The normalized spacial score (nSPS) is 11.1. The Morgan fingerprint density at radius 1 is 0.585 bits per heavy atom. The van der Waals surface area contributed by atoms with Crippen LogP contribution in [0, 0.1) is 36.0 Å². The van der Waals surface area contributed by atoms with Crippen molar-refractivity contribution in [3.63, 3.8) is 0 Å². The zero-order chi connectivity index (χ0) is 30.0. The number of anilines is 1. The van der Waals surface area contributed by atoms with Gasteiger partial charge < -0.3 is 33.7 Å². The molecule has 1 amide bonds. The van der Waals surface area contributed by atoms with Crippen LogP contribution in [0.3, 0.4) is 0 Å². The highest BCUT2D eigenvalue weighted by molar-refractivity contribution is 5.90. The summed E-state index contributed by atoms with van der Waals surface area (Å²) < 4.78 is 96.9. The second-order valence-electron chi connectivity index (χ2n) is 8.35. The van der Waals surface area contributed by atoms with Crippen LogP contribution in [-0.4, -0.2) is 77.9 Å². The van der Waals surface area contributed by atoms with Gasteiger partial charge in [0.25, 0.3) is 0 Å². The highest BCUT2D eigenvalue weighted by Crippen LogP contribution is 2.29. The van der Waals surface area contributed by atoms with Crippen molar-refractivity contribution in [1.29, 1.82) is 0 Å². The predicted molar refractivity (Wildman–Crippen MR) is 135 cm³/mol. The number of carbonyl (C=O) groups is 2. The molecule has 0 aliphatic rings. The summed E-state index contributed by atoms with van der Waals surface area (Å²) in [5.74, 6) is -14.3. The van der Waals surface area contributed by atoms with Crippen LogP contribution in [0.2, 0.25) is 0 Å². The molecule has 0 saturated carbocycles. The Kier molecular flexibility index (Phi) is 15.8. The molecule has 0 radical (unpaired) electrons. The highest BCUT2D eigenvalue weighted by atomic mass is 19.2. The molecule has 1 N–H and O–H groups in total. The molecule has 0 aromatic heterocycles. The topological polar surface area (TPSA) is 102 Å². The largest absolute Gasteiger partial charge is 0.420 e. The van der Waals surface area contributed by atoms with Crippen LogP contribution in [0.25, 0.3) is 0 Å². The lowest BCUT2D eigenvalue weighted by molar-refractivity contribution is -0.136. The summed E-state index contributed by atoms with van der Waals surface area (Å²) in [5, 5.41) is 2.79. The molecule has 0 aliphatic carbocycles. The zero-order valence-electron chi connectivity index (χ0n) is 22.5. The van der Waals surface area contributed by atoms with Gasteiger partial charge in [0.1, 0.15) is 0 Å². The number of aryl methyl sites for hydroxylation is 1. The summed E-state index contributed by atoms with van der Waals surface area (Å²) in [6, 6.07) is 7.50. The quantitative estimate of drug-likeness (QED) is 0.0612. The van der Waals surface area contributed by atoms with Crippen LogP contribution in [0.15, 0.2) is 24.3 Å². The van der Waals surface area contributed by atoms with Crippen LogP contribution in [0.5, 0.6) is 5.75 Å². The highest BCUT2D eigenvalue weighted by Gasteiger charge is 2.28. The average molecular weight is 594 g/mol. The molecule has 0 spiro atoms. The van der Waals surface area contributed by atoms with E-state index in [0.717, 1.165) is 11.3 Å². The molecule has 0 bridgehead atoms. The van der Waals surface area contributed by atoms with Gasteiger partial charge in [-0.3, -0.25) is 9.59 Å². The van der Waals surface area contributed by atoms with Crippen molar-refractivity contribution >= 4 is 17.6 Å². The van der Waals surface area contributed by atoms with Crippen molar-refractivity contribution in [1.82, 2.24) is 0 Å². The minimum Gasteiger partial charge on any atom is -0.420 e. The van der Waals surface area contributed by atoms with Crippen molar-refractivity contribution in [3.05, 3.63) is 58.9 Å². The number of halogens is 5. The van der Waals surface area contributed by atoms with Gasteiger partial charge in [-0.15, -0.1) is 0 Å². The van der Waals surface area contributed by atoms with Gasteiger partial charge in [-0.05, 0) is 19.1 Å². The summed E-state index contributed by atoms with van der Waals surface area (Å²) in [5.41, 5.74) is 1.85. The van der Waals surface area contributed by atoms with Crippen LogP contribution in [-0.2, 0) is 33.3 Å². The number of amides is 1. The number of carbonyl (C=O) groups excluding carboxylic acids is 2. The first kappa shape index (κ1) is 34.0. The third-order valence-corrected chi connectivity index (χ3v) is 5.13. The van der Waals surface area contributed by atoms with Crippen LogP contribution < -0.4 is 10.1 Å². The third kappa shape index (κ3) is 12.9. The van der Waals surface area contributed by atoms with Crippen molar-refractivity contribution in [2.75, 3.05) is 71.4 Å². The van der Waals surface area contributed by atoms with E-state index < -0.39 is 47.2 Å². The smallest absolute Gasteiger partial charge is 0.313 e. The van der Waals surface area contributed by atoms with Gasteiger partial charge in [-0.25, -0.2) is 13.2 Å². The molecule has 2 rings (SSSR count). The number of nitrogens with one attached hydrogen (secondary N) is 1. The molecule has 0 heterocycles. The molecule has 14 heteroatoms. The van der Waals surface area contributed by atoms with E-state index in [2.05, 4.69) is 10.1 Å². The first-order valence-electron chi connectivity index (χ1n) is 12.7. The maximum Gasteiger partial charge on any atom is 0.313 e. The predicted octanol–water partition coefficient (Wildman–Crippen LogP) is 4.10. The standard InChI is InChI=1S/C27H32F5NO8/c1-18-2-4-19(5-3-18)33-20(34)6-8-36-10-12-38-14-16-40-17-15-39-13-11-37-9-7-21(35)41-27-25(31)23(29)22(28)24(30)26(27)32/h2-5H,6-17H2,1H3,(H,33,34). The van der Waals surface area contributed by atoms with E-state index in [0.29, 0.717) is 33.0 Å². The zero-order valence-corrected chi connectivity index (χ0v) is 22.5. The first-order valence-corrected chi connectivity index (χ1v) is 12.7. The fraction of sp³-hybridized carbons (Fsp3) is 0.481. The number of esters is 1. The Hall–Kier alpha value is -3.17. The van der Waals surface area contributed by atoms with Gasteiger partial charge in [0.05, 0.1) is 78.9 Å². The molecule has 2 aromatic carbocycles. The minimum absolute atomic E-state index is 0.0759. The fourth-order valence-electron chi connectivity index (χ4n) is 3.00. The number of hydrogen-bond donors (Lipinski definition) is 1. The van der Waals surface area contributed by atoms with Crippen molar-refractivity contribution < 1.29 is 60.0 Å². The van der Waals surface area contributed by atoms with E-state index >= 15 is 0 Å². The van der Waals surface area contributed by atoms with E-state index in [-0.39, 0.29) is 45.4 Å². The van der Waals surface area contributed by atoms with Crippen molar-refractivity contribution in [3.8, 4) is 5.75 Å². The Labute approximate surface area is 233 Å². The maximum absolute atomic E-state index is 13.5. The molecule has 228 valence electrons. The van der Waals surface area contributed by atoms with Crippen LogP contribution >= 0.6 is 0 Å². The maximum atomic E-state index is 13.5. The Morgan fingerprint density at radius 3 is 1.44 bits per heavy atom. The monoisotopic (exact) mass is 593 g/mol. The van der Waals surface area contributed by atoms with E-state index in [4.69, 9.17) is 23.7 Å². The van der Waals surface area contributed by atoms with Crippen molar-refractivity contribution in [2.24, 2.45) is 0 Å². The van der Waals surface area contributed by atoms with E-state index in [9.17, 15) is 31.5 Å². The Morgan fingerprint density at radius 2 is 0.976 bits per heavy atom. The second kappa shape index (κ2) is 19.0. The second-order valence-corrected chi connectivity index (χ2v) is 8.35. The molecule has 0 unspecified atom stereocenters. The molecule has 0 fully saturated rings. The van der Waals surface area contributed by atoms with E-state index in [1.165, 1.54) is 0 Å². The van der Waals surface area contributed by atoms with Crippen molar-refractivity contribution in [2.45, 2.75) is 19.8 Å². The van der Waals surface area contributed by atoms with Crippen LogP contribution in [0.1, 0.15) is 18.4 Å². The molecule has 41 heavy (non-hydrogen) atoms. The summed E-state index contributed by atoms with van der Waals surface area (Å²) >= 11 is 0. The summed E-state index contributed by atoms with van der Waals surface area (Å²) in [7, 11) is 0. The fourth-order valence-corrected chi connectivity index (χ4v) is 3.00. The molecule has 0 atom stereocenters. The average Bonchev–Trinajstić information content (AvgIpc) is 2.96. The van der Waals surface area contributed by atoms with Gasteiger partial charge >= 0.3 is 5.97 Å². The third-order valence-electron chi connectivity index (χ3n) is 5.13. The van der Waals surface area contributed by atoms with Gasteiger partial charge in [0.15, 0.2) is 0 Å². The number of ether oxygens (including phenoxy) is 6. The lowest BCUT2D eigenvalue weighted by atomic mass is 10.2. The van der Waals surface area contributed by atoms with Gasteiger partial charge in [-0.2, -0.15) is 8.78 Å². The molecule has 0 saturated heterocycles. The number of hydrogen-bond acceptors (Lipinski definition) is 8.